The topological polar surface area (TPSA) is 96.7 Å². The lowest BCUT2D eigenvalue weighted by atomic mass is 10.2. The van der Waals surface area contributed by atoms with Crippen molar-refractivity contribution in [2.24, 2.45) is 0 Å². The Morgan fingerprint density at radius 3 is 2.70 bits per heavy atom. The highest BCUT2D eigenvalue weighted by Gasteiger charge is 2.33. The lowest BCUT2D eigenvalue weighted by Gasteiger charge is -2.36. The quantitative estimate of drug-likeness (QED) is 0.584. The second-order valence-corrected chi connectivity index (χ2v) is 7.90. The van der Waals surface area contributed by atoms with Crippen LogP contribution in [0.25, 0.3) is 0 Å². The zero-order valence-corrected chi connectivity index (χ0v) is 17.7. The predicted octanol–water partition coefficient (Wildman–Crippen LogP) is 1.80. The number of piperazine rings is 1. The zero-order valence-electron chi connectivity index (χ0n) is 17.7. The van der Waals surface area contributed by atoms with Crippen LogP contribution in [0.1, 0.15) is 10.4 Å². The van der Waals surface area contributed by atoms with E-state index in [-0.39, 0.29) is 5.91 Å². The molecule has 0 spiro atoms. The molecular formula is C22H22FN7O3. The molecule has 2 aliphatic heterocycles. The van der Waals surface area contributed by atoms with Crippen LogP contribution in [-0.4, -0.2) is 75.7 Å². The van der Waals surface area contributed by atoms with Gasteiger partial charge in [-0.2, -0.15) is 0 Å². The summed E-state index contributed by atoms with van der Waals surface area (Å²) >= 11 is 0. The third kappa shape index (κ3) is 4.34. The van der Waals surface area contributed by atoms with E-state index in [0.717, 1.165) is 0 Å². The standard InChI is InChI=1S/C22H22FN7O3/c23-19-12-17(30-15-18(33-22(30)32)14-29-7-6-25-26-29)3-4-20(19)27-8-10-28(11-9-27)21(31)16-2-1-5-24-13-16/h1-7,12-13,18H,8-11,14-15H2/t18-/m0/s1. The van der Waals surface area contributed by atoms with E-state index >= 15 is 4.39 Å². The number of pyridine rings is 1. The molecule has 1 atom stereocenters. The summed E-state index contributed by atoms with van der Waals surface area (Å²) in [4.78, 5) is 34.0. The second-order valence-electron chi connectivity index (χ2n) is 7.90. The summed E-state index contributed by atoms with van der Waals surface area (Å²) < 4.78 is 22.0. The molecule has 2 fully saturated rings. The third-order valence-electron chi connectivity index (χ3n) is 5.80. The highest BCUT2D eigenvalue weighted by molar-refractivity contribution is 5.94. The summed E-state index contributed by atoms with van der Waals surface area (Å²) in [6.45, 7) is 2.66. The van der Waals surface area contributed by atoms with Crippen molar-refractivity contribution in [3.05, 3.63) is 66.5 Å². The number of hydrogen-bond acceptors (Lipinski definition) is 7. The molecule has 4 heterocycles. The van der Waals surface area contributed by atoms with E-state index in [4.69, 9.17) is 4.74 Å². The zero-order chi connectivity index (χ0) is 22.8. The molecule has 0 bridgehead atoms. The number of cyclic esters (lactones) is 1. The summed E-state index contributed by atoms with van der Waals surface area (Å²) in [7, 11) is 0. The van der Waals surface area contributed by atoms with Gasteiger partial charge in [-0.15, -0.1) is 5.10 Å². The Bertz CT molecular complexity index is 1130. The number of aromatic nitrogens is 4. The van der Waals surface area contributed by atoms with Gasteiger partial charge in [-0.3, -0.25) is 14.7 Å². The number of hydrogen-bond donors (Lipinski definition) is 0. The minimum absolute atomic E-state index is 0.0773. The normalized spacial score (nSPS) is 18.5. The van der Waals surface area contributed by atoms with E-state index < -0.39 is 18.0 Å². The fraction of sp³-hybridized carbons (Fsp3) is 0.318. The van der Waals surface area contributed by atoms with E-state index in [1.165, 1.54) is 11.0 Å². The number of amides is 2. The van der Waals surface area contributed by atoms with E-state index in [0.29, 0.717) is 56.2 Å². The van der Waals surface area contributed by atoms with Crippen molar-refractivity contribution in [3.8, 4) is 0 Å². The van der Waals surface area contributed by atoms with Crippen molar-refractivity contribution >= 4 is 23.4 Å². The minimum Gasteiger partial charge on any atom is -0.442 e. The van der Waals surface area contributed by atoms with Crippen LogP contribution >= 0.6 is 0 Å². The van der Waals surface area contributed by atoms with Crippen molar-refractivity contribution in [1.29, 1.82) is 0 Å². The molecule has 33 heavy (non-hydrogen) atoms. The number of carbonyl (C=O) groups is 2. The van der Waals surface area contributed by atoms with Gasteiger partial charge in [0.1, 0.15) is 11.9 Å². The molecule has 1 aromatic carbocycles. The van der Waals surface area contributed by atoms with Gasteiger partial charge in [0.15, 0.2) is 0 Å². The highest BCUT2D eigenvalue weighted by atomic mass is 19.1. The first-order valence-corrected chi connectivity index (χ1v) is 10.6. The first-order chi connectivity index (χ1) is 16.1. The molecule has 0 radical (unpaired) electrons. The number of carbonyl (C=O) groups excluding carboxylic acids is 2. The van der Waals surface area contributed by atoms with E-state index in [1.807, 2.05) is 4.90 Å². The Morgan fingerprint density at radius 1 is 1.15 bits per heavy atom. The molecule has 3 aromatic rings. The summed E-state index contributed by atoms with van der Waals surface area (Å²) in [5.74, 6) is -0.501. The van der Waals surface area contributed by atoms with Crippen LogP contribution in [0, 0.1) is 5.82 Å². The average molecular weight is 451 g/mol. The first kappa shape index (κ1) is 20.9. The maximum Gasteiger partial charge on any atom is 0.414 e. The van der Waals surface area contributed by atoms with E-state index in [9.17, 15) is 9.59 Å². The molecule has 5 rings (SSSR count). The van der Waals surface area contributed by atoms with Crippen molar-refractivity contribution < 1.29 is 18.7 Å². The fourth-order valence-electron chi connectivity index (χ4n) is 4.11. The van der Waals surface area contributed by atoms with E-state index in [1.54, 1.807) is 58.6 Å². The molecule has 0 unspecified atom stereocenters. The number of rotatable bonds is 5. The summed E-state index contributed by atoms with van der Waals surface area (Å²) in [5, 5.41) is 7.61. The van der Waals surface area contributed by atoms with Gasteiger partial charge in [0.2, 0.25) is 0 Å². The SMILES string of the molecule is O=C(c1cccnc1)N1CCN(c2ccc(N3C[C@H](Cn4ccnn4)OC3=O)cc2F)CC1. The fourth-order valence-corrected chi connectivity index (χ4v) is 4.11. The monoisotopic (exact) mass is 451 g/mol. The Kier molecular flexibility index (Phi) is 5.59. The van der Waals surface area contributed by atoms with Crippen LogP contribution < -0.4 is 9.80 Å². The Morgan fingerprint density at radius 2 is 2.00 bits per heavy atom. The van der Waals surface area contributed by atoms with Crippen LogP contribution in [0.5, 0.6) is 0 Å². The Labute approximate surface area is 189 Å². The molecule has 0 N–H and O–H groups in total. The highest BCUT2D eigenvalue weighted by Crippen LogP contribution is 2.29. The van der Waals surface area contributed by atoms with Gasteiger partial charge >= 0.3 is 6.09 Å². The molecule has 2 amide bonds. The molecule has 0 saturated carbocycles. The minimum atomic E-state index is -0.519. The predicted molar refractivity (Wildman–Crippen MR) is 116 cm³/mol. The summed E-state index contributed by atoms with van der Waals surface area (Å²) in [6.07, 6.45) is 5.50. The van der Waals surface area contributed by atoms with Gasteiger partial charge in [0.05, 0.1) is 36.2 Å². The Hall–Kier alpha value is -4.02. The smallest absolute Gasteiger partial charge is 0.414 e. The molecule has 170 valence electrons. The van der Waals surface area contributed by atoms with Gasteiger partial charge in [-0.1, -0.05) is 5.21 Å². The maximum absolute atomic E-state index is 15.0. The van der Waals surface area contributed by atoms with Crippen LogP contribution in [0.2, 0.25) is 0 Å². The summed E-state index contributed by atoms with van der Waals surface area (Å²) in [6, 6.07) is 8.20. The lowest BCUT2D eigenvalue weighted by molar-refractivity contribution is 0.0746. The van der Waals surface area contributed by atoms with Crippen LogP contribution in [0.3, 0.4) is 0 Å². The van der Waals surface area contributed by atoms with E-state index in [2.05, 4.69) is 15.3 Å². The summed E-state index contributed by atoms with van der Waals surface area (Å²) in [5.41, 5.74) is 1.42. The van der Waals surface area contributed by atoms with Gasteiger partial charge in [-0.25, -0.2) is 13.9 Å². The number of nitrogens with zero attached hydrogens (tertiary/aromatic N) is 7. The second kappa shape index (κ2) is 8.85. The van der Waals surface area contributed by atoms with Crippen LogP contribution in [0.15, 0.2) is 55.1 Å². The van der Waals surface area contributed by atoms with Gasteiger partial charge in [-0.05, 0) is 30.3 Å². The Balaban J connectivity index is 1.22. The molecule has 2 saturated heterocycles. The molecule has 0 aliphatic carbocycles. The first-order valence-electron chi connectivity index (χ1n) is 10.6. The van der Waals surface area contributed by atoms with Crippen LogP contribution in [-0.2, 0) is 11.3 Å². The number of anilines is 2. The molecule has 11 heteroatoms. The number of halogens is 1. The molecule has 10 nitrogen and oxygen atoms in total. The van der Waals surface area contributed by atoms with Crippen molar-refractivity contribution in [2.45, 2.75) is 12.6 Å². The molecular weight excluding hydrogens is 429 g/mol. The van der Waals surface area contributed by atoms with Crippen LogP contribution in [0.4, 0.5) is 20.6 Å². The number of ether oxygens (including phenoxy) is 1. The van der Waals surface area contributed by atoms with Gasteiger partial charge in [0, 0.05) is 44.8 Å². The average Bonchev–Trinajstić information content (AvgIpc) is 3.49. The third-order valence-corrected chi connectivity index (χ3v) is 5.80. The molecule has 2 aliphatic rings. The number of benzene rings is 1. The van der Waals surface area contributed by atoms with Crippen molar-refractivity contribution in [3.63, 3.8) is 0 Å². The maximum atomic E-state index is 15.0. The molecule has 2 aromatic heterocycles. The lowest BCUT2D eigenvalue weighted by Crippen LogP contribution is -2.49. The van der Waals surface area contributed by atoms with Gasteiger partial charge in [0.25, 0.3) is 5.91 Å². The van der Waals surface area contributed by atoms with Gasteiger partial charge < -0.3 is 14.5 Å². The van der Waals surface area contributed by atoms with Crippen molar-refractivity contribution in [2.75, 3.05) is 42.5 Å². The largest absolute Gasteiger partial charge is 0.442 e. The van der Waals surface area contributed by atoms with Crippen molar-refractivity contribution in [1.82, 2.24) is 24.9 Å².